The van der Waals surface area contributed by atoms with Crippen LogP contribution < -0.4 is 25.7 Å². The molecular formula is C29H26Cl2N4O5. The molecule has 0 spiro atoms. The largest absolute Gasteiger partial charge is 0.497 e. The van der Waals surface area contributed by atoms with Crippen LogP contribution >= 0.6 is 23.2 Å². The van der Waals surface area contributed by atoms with Gasteiger partial charge in [-0.2, -0.15) is 9.78 Å². The monoisotopic (exact) mass is 580 g/mol. The number of amides is 1. The fourth-order valence-electron chi connectivity index (χ4n) is 4.20. The molecule has 1 saturated heterocycles. The van der Waals surface area contributed by atoms with Gasteiger partial charge in [0.15, 0.2) is 11.4 Å². The number of benzene rings is 3. The molecule has 0 radical (unpaired) electrons. The van der Waals surface area contributed by atoms with Gasteiger partial charge in [0.25, 0.3) is 11.5 Å². The van der Waals surface area contributed by atoms with E-state index in [9.17, 15) is 9.59 Å². The van der Waals surface area contributed by atoms with Gasteiger partial charge in [-0.3, -0.25) is 9.59 Å². The Morgan fingerprint density at radius 2 is 1.88 bits per heavy atom. The summed E-state index contributed by atoms with van der Waals surface area (Å²) in [6, 6.07) is 18.5. The van der Waals surface area contributed by atoms with Crippen molar-refractivity contribution >= 4 is 40.5 Å². The molecule has 3 aromatic carbocycles. The van der Waals surface area contributed by atoms with Gasteiger partial charge in [0.05, 0.1) is 35.1 Å². The number of carbonyl (C=O) groups is 1. The van der Waals surface area contributed by atoms with Gasteiger partial charge in [0.2, 0.25) is 0 Å². The molecule has 1 amide bonds. The number of carbonyl (C=O) groups excluding carboxylic acids is 1. The first-order valence-corrected chi connectivity index (χ1v) is 13.3. The molecule has 0 saturated carbocycles. The molecule has 4 aromatic rings. The van der Waals surface area contributed by atoms with Crippen LogP contribution in [0.1, 0.15) is 23.2 Å². The Bertz CT molecular complexity index is 1570. The van der Waals surface area contributed by atoms with Gasteiger partial charge in [0.1, 0.15) is 11.5 Å². The van der Waals surface area contributed by atoms with Crippen LogP contribution in [0.15, 0.2) is 77.7 Å². The molecule has 1 aliphatic rings. The molecule has 1 aliphatic heterocycles. The lowest BCUT2D eigenvalue weighted by atomic mass is 10.1. The van der Waals surface area contributed by atoms with Crippen LogP contribution in [0.25, 0.3) is 5.69 Å². The normalized spacial score (nSPS) is 14.5. The van der Waals surface area contributed by atoms with Crippen LogP contribution in [0.2, 0.25) is 10.0 Å². The Morgan fingerprint density at radius 3 is 2.60 bits per heavy atom. The van der Waals surface area contributed by atoms with Crippen LogP contribution in [-0.4, -0.2) is 42.1 Å². The number of aromatic nitrogens is 2. The van der Waals surface area contributed by atoms with E-state index in [2.05, 4.69) is 15.7 Å². The minimum absolute atomic E-state index is 0.0274. The van der Waals surface area contributed by atoms with Gasteiger partial charge in [-0.05, 0) is 73.5 Å². The van der Waals surface area contributed by atoms with Crippen LogP contribution in [-0.2, 0) is 4.74 Å². The zero-order valence-electron chi connectivity index (χ0n) is 21.5. The highest BCUT2D eigenvalue weighted by Gasteiger charge is 2.19. The molecule has 5 rings (SSSR count). The smallest absolute Gasteiger partial charge is 0.299 e. The number of rotatable bonds is 9. The molecule has 9 nitrogen and oxygen atoms in total. The first kappa shape index (κ1) is 27.5. The van der Waals surface area contributed by atoms with Crippen molar-refractivity contribution in [3.05, 3.63) is 98.9 Å². The molecule has 0 bridgehead atoms. The third-order valence-electron chi connectivity index (χ3n) is 6.29. The lowest BCUT2D eigenvalue weighted by Gasteiger charge is -2.16. The maximum Gasteiger partial charge on any atom is 0.299 e. The van der Waals surface area contributed by atoms with Crippen molar-refractivity contribution in [3.8, 4) is 22.9 Å². The van der Waals surface area contributed by atoms with E-state index in [-0.39, 0.29) is 28.5 Å². The van der Waals surface area contributed by atoms with Gasteiger partial charge in [-0.1, -0.05) is 29.3 Å². The third kappa shape index (κ3) is 6.39. The van der Waals surface area contributed by atoms with Crippen molar-refractivity contribution in [1.82, 2.24) is 15.1 Å². The Morgan fingerprint density at radius 1 is 1.07 bits per heavy atom. The molecular weight excluding hydrogens is 555 g/mol. The number of methoxy groups -OCH3 is 1. The van der Waals surface area contributed by atoms with Gasteiger partial charge >= 0.3 is 0 Å². The highest BCUT2D eigenvalue weighted by molar-refractivity contribution is 6.42. The van der Waals surface area contributed by atoms with E-state index in [0.717, 1.165) is 12.8 Å². The summed E-state index contributed by atoms with van der Waals surface area (Å²) in [5.41, 5.74) is 0.958. The molecule has 1 fully saturated rings. The van der Waals surface area contributed by atoms with Crippen molar-refractivity contribution < 1.29 is 19.0 Å². The highest BCUT2D eigenvalue weighted by Crippen LogP contribution is 2.31. The zero-order chi connectivity index (χ0) is 28.1. The van der Waals surface area contributed by atoms with E-state index in [4.69, 9.17) is 37.4 Å². The first-order valence-electron chi connectivity index (χ1n) is 12.6. The number of anilines is 2. The number of nitrogens with zero attached hydrogens (tertiary/aromatic N) is 2. The van der Waals surface area contributed by atoms with Crippen molar-refractivity contribution in [1.29, 1.82) is 0 Å². The van der Waals surface area contributed by atoms with E-state index in [1.807, 2.05) is 0 Å². The SMILES string of the molecule is COc1ccc(Oc2cnn(-c3ccc(Cl)c(Cl)c3)c(=O)c2Nc2cccc(C(=O)NC[C@@H]3CCCO3)c2)cc1. The number of ether oxygens (including phenoxy) is 3. The molecule has 0 unspecified atom stereocenters. The summed E-state index contributed by atoms with van der Waals surface area (Å²) in [7, 11) is 1.57. The molecule has 0 aliphatic carbocycles. The molecule has 2 heterocycles. The standard InChI is InChI=1S/C29H26Cl2N4O5/c1-38-21-8-10-22(11-9-21)40-26-17-33-35(20-7-12-24(30)25(31)15-20)29(37)27(26)34-19-5-2-4-18(14-19)28(36)32-16-23-6-3-13-39-23/h2,4-5,7-12,14-15,17,23,34H,3,6,13,16H2,1H3,(H,32,36)/t23-/m0/s1. The van der Waals surface area contributed by atoms with Gasteiger partial charge in [-0.25, -0.2) is 0 Å². The number of nitrogens with one attached hydrogen (secondary N) is 2. The quantitative estimate of drug-likeness (QED) is 0.250. The van der Waals surface area contributed by atoms with Crippen molar-refractivity contribution in [2.45, 2.75) is 18.9 Å². The summed E-state index contributed by atoms with van der Waals surface area (Å²) in [6.07, 6.45) is 3.37. The molecule has 40 heavy (non-hydrogen) atoms. The topological polar surface area (TPSA) is 104 Å². The predicted molar refractivity (Wildman–Crippen MR) is 154 cm³/mol. The molecule has 1 aromatic heterocycles. The van der Waals surface area contributed by atoms with E-state index >= 15 is 0 Å². The predicted octanol–water partition coefficient (Wildman–Crippen LogP) is 5.99. The molecule has 1 atom stereocenters. The second kappa shape index (κ2) is 12.4. The van der Waals surface area contributed by atoms with E-state index in [1.54, 1.807) is 73.8 Å². The molecule has 2 N–H and O–H groups in total. The minimum atomic E-state index is -0.502. The zero-order valence-corrected chi connectivity index (χ0v) is 23.0. The lowest BCUT2D eigenvalue weighted by Crippen LogP contribution is -2.31. The van der Waals surface area contributed by atoms with Crippen LogP contribution in [0.4, 0.5) is 11.4 Å². The van der Waals surface area contributed by atoms with Gasteiger partial charge in [0, 0.05) is 24.4 Å². The maximum atomic E-state index is 13.7. The third-order valence-corrected chi connectivity index (χ3v) is 7.03. The number of hydrogen-bond acceptors (Lipinski definition) is 7. The number of hydrogen-bond donors (Lipinski definition) is 2. The Labute approximate surface area is 240 Å². The fraction of sp³-hybridized carbons (Fsp3) is 0.207. The Kier molecular flexibility index (Phi) is 8.54. The van der Waals surface area contributed by atoms with Crippen LogP contribution in [0.3, 0.4) is 0 Å². The second-order valence-electron chi connectivity index (χ2n) is 9.03. The molecule has 11 heteroatoms. The van der Waals surface area contributed by atoms with Crippen molar-refractivity contribution in [3.63, 3.8) is 0 Å². The summed E-state index contributed by atoms with van der Waals surface area (Å²) < 4.78 is 18.0. The van der Waals surface area contributed by atoms with E-state index in [1.165, 1.54) is 10.9 Å². The first-order chi connectivity index (χ1) is 19.4. The van der Waals surface area contributed by atoms with E-state index in [0.29, 0.717) is 46.6 Å². The summed E-state index contributed by atoms with van der Waals surface area (Å²) in [5, 5.41) is 11.0. The van der Waals surface area contributed by atoms with Gasteiger partial charge < -0.3 is 24.8 Å². The highest BCUT2D eigenvalue weighted by atomic mass is 35.5. The van der Waals surface area contributed by atoms with E-state index < -0.39 is 5.56 Å². The van der Waals surface area contributed by atoms with Crippen LogP contribution in [0, 0.1) is 0 Å². The summed E-state index contributed by atoms with van der Waals surface area (Å²) in [6.45, 7) is 1.15. The average molecular weight is 581 g/mol. The Balaban J connectivity index is 1.47. The summed E-state index contributed by atoms with van der Waals surface area (Å²) in [5.74, 6) is 1.07. The minimum Gasteiger partial charge on any atom is -0.497 e. The lowest BCUT2D eigenvalue weighted by molar-refractivity contribution is 0.0858. The fourth-order valence-corrected chi connectivity index (χ4v) is 4.49. The van der Waals surface area contributed by atoms with Crippen molar-refractivity contribution in [2.75, 3.05) is 25.6 Å². The summed E-state index contributed by atoms with van der Waals surface area (Å²) >= 11 is 12.3. The van der Waals surface area contributed by atoms with Gasteiger partial charge in [-0.15, -0.1) is 0 Å². The summed E-state index contributed by atoms with van der Waals surface area (Å²) in [4.78, 5) is 26.5. The maximum absolute atomic E-state index is 13.7. The Hall–Kier alpha value is -4.05. The van der Waals surface area contributed by atoms with Crippen LogP contribution in [0.5, 0.6) is 17.2 Å². The van der Waals surface area contributed by atoms with Crippen molar-refractivity contribution in [2.24, 2.45) is 0 Å². The second-order valence-corrected chi connectivity index (χ2v) is 9.84. The average Bonchev–Trinajstić information content (AvgIpc) is 3.50. The number of halogens is 2. The molecule has 206 valence electrons.